The molecule has 0 saturated heterocycles. The third-order valence-electron chi connectivity index (χ3n) is 4.80. The van der Waals surface area contributed by atoms with Crippen molar-refractivity contribution in [3.63, 3.8) is 0 Å². The Hall–Kier alpha value is -1.26. The Morgan fingerprint density at radius 1 is 1.35 bits per heavy atom. The summed E-state index contributed by atoms with van der Waals surface area (Å²) in [6.07, 6.45) is 8.44. The van der Waals surface area contributed by atoms with Crippen LogP contribution in [-0.4, -0.2) is 0 Å². The van der Waals surface area contributed by atoms with E-state index in [0.29, 0.717) is 5.92 Å². The summed E-state index contributed by atoms with van der Waals surface area (Å²) in [5.74, 6) is 0.412. The fourth-order valence-electron chi connectivity index (χ4n) is 2.57. The molecule has 0 amide bonds. The first-order valence-corrected chi connectivity index (χ1v) is 7.67. The Labute approximate surface area is 126 Å². The minimum atomic E-state index is 0.130. The van der Waals surface area contributed by atoms with Crippen molar-refractivity contribution in [3.8, 4) is 0 Å². The average molecular weight is 272 g/mol. The summed E-state index contributed by atoms with van der Waals surface area (Å²) < 4.78 is 0. The van der Waals surface area contributed by atoms with Crippen molar-refractivity contribution in [1.82, 2.24) is 0 Å². The second-order valence-corrected chi connectivity index (χ2v) is 6.10. The van der Waals surface area contributed by atoms with Crippen LogP contribution >= 0.6 is 0 Å². The van der Waals surface area contributed by atoms with Gasteiger partial charge >= 0.3 is 0 Å². The number of rotatable bonds is 9. The van der Waals surface area contributed by atoms with Gasteiger partial charge in [-0.1, -0.05) is 70.2 Å². The molecule has 0 aliphatic carbocycles. The van der Waals surface area contributed by atoms with Crippen molar-refractivity contribution in [2.75, 3.05) is 0 Å². The molecule has 0 bridgehead atoms. The van der Waals surface area contributed by atoms with Gasteiger partial charge in [0, 0.05) is 0 Å². The van der Waals surface area contributed by atoms with Gasteiger partial charge in [0.1, 0.15) is 0 Å². The highest BCUT2D eigenvalue weighted by Gasteiger charge is 2.29. The van der Waals surface area contributed by atoms with E-state index >= 15 is 0 Å². The number of allylic oxidation sites excluding steroid dienone is 5. The van der Waals surface area contributed by atoms with E-state index < -0.39 is 0 Å². The summed E-state index contributed by atoms with van der Waals surface area (Å²) in [6.45, 7) is 23.0. The van der Waals surface area contributed by atoms with Crippen LogP contribution in [0, 0.1) is 11.3 Å². The molecular formula is C20H32. The summed E-state index contributed by atoms with van der Waals surface area (Å²) in [5, 5.41) is 0. The van der Waals surface area contributed by atoms with Crippen LogP contribution < -0.4 is 0 Å². The molecule has 0 aliphatic rings. The van der Waals surface area contributed by atoms with Crippen LogP contribution in [0.4, 0.5) is 0 Å². The lowest BCUT2D eigenvalue weighted by Gasteiger charge is -2.35. The maximum atomic E-state index is 4.13. The Balaban J connectivity index is 5.13. The molecule has 112 valence electrons. The van der Waals surface area contributed by atoms with Gasteiger partial charge in [0.25, 0.3) is 0 Å². The van der Waals surface area contributed by atoms with Gasteiger partial charge in [-0.15, -0.1) is 5.73 Å². The van der Waals surface area contributed by atoms with Gasteiger partial charge in [-0.2, -0.15) is 0 Å². The molecule has 0 aromatic carbocycles. The highest BCUT2D eigenvalue weighted by atomic mass is 14.3. The van der Waals surface area contributed by atoms with Crippen LogP contribution in [0.1, 0.15) is 60.3 Å². The maximum Gasteiger partial charge on any atom is -0.00790 e. The first-order chi connectivity index (χ1) is 9.32. The number of unbranched alkanes of at least 4 members (excludes halogenated alkanes) is 1. The van der Waals surface area contributed by atoms with E-state index in [1.807, 2.05) is 12.2 Å². The van der Waals surface area contributed by atoms with E-state index in [1.54, 1.807) is 5.57 Å². The summed E-state index contributed by atoms with van der Waals surface area (Å²) in [5.41, 5.74) is 7.19. The molecule has 0 aliphatic heterocycles. The Kier molecular flexibility index (Phi) is 8.26. The van der Waals surface area contributed by atoms with Gasteiger partial charge in [-0.25, -0.2) is 0 Å². The van der Waals surface area contributed by atoms with Crippen LogP contribution in [-0.2, 0) is 0 Å². The molecular weight excluding hydrogens is 240 g/mol. The summed E-state index contributed by atoms with van der Waals surface area (Å²) in [7, 11) is 0. The van der Waals surface area contributed by atoms with E-state index in [-0.39, 0.29) is 5.41 Å². The van der Waals surface area contributed by atoms with Crippen molar-refractivity contribution in [2.45, 2.75) is 60.3 Å². The lowest BCUT2D eigenvalue weighted by molar-refractivity contribution is 0.328. The second-order valence-electron chi connectivity index (χ2n) is 6.10. The highest BCUT2D eigenvalue weighted by molar-refractivity contribution is 5.26. The van der Waals surface area contributed by atoms with Gasteiger partial charge < -0.3 is 0 Å². The SMILES string of the molecule is C=C=CCCCC(CC)=C(C)C(C)(C)C(C)C(=C)C=C. The molecule has 0 radical (unpaired) electrons. The minimum Gasteiger partial charge on any atom is -0.133 e. The van der Waals surface area contributed by atoms with Crippen LogP contribution in [0.5, 0.6) is 0 Å². The molecule has 1 unspecified atom stereocenters. The summed E-state index contributed by atoms with van der Waals surface area (Å²) in [4.78, 5) is 0. The van der Waals surface area contributed by atoms with Gasteiger partial charge in [-0.3, -0.25) is 0 Å². The third-order valence-corrected chi connectivity index (χ3v) is 4.80. The van der Waals surface area contributed by atoms with E-state index in [0.717, 1.165) is 24.8 Å². The molecule has 0 fully saturated rings. The van der Waals surface area contributed by atoms with Gasteiger partial charge in [0.2, 0.25) is 0 Å². The topological polar surface area (TPSA) is 0 Å². The molecule has 20 heavy (non-hydrogen) atoms. The smallest absolute Gasteiger partial charge is 0.00790 e. The fourth-order valence-corrected chi connectivity index (χ4v) is 2.57. The van der Waals surface area contributed by atoms with Crippen molar-refractivity contribution >= 4 is 0 Å². The molecule has 0 N–H and O–H groups in total. The lowest BCUT2D eigenvalue weighted by atomic mass is 9.69. The van der Waals surface area contributed by atoms with E-state index in [9.17, 15) is 0 Å². The third kappa shape index (κ3) is 5.02. The molecule has 0 spiro atoms. The van der Waals surface area contributed by atoms with E-state index in [4.69, 9.17) is 0 Å². The highest BCUT2D eigenvalue weighted by Crippen LogP contribution is 2.41. The predicted octanol–water partition coefficient (Wildman–Crippen LogP) is 6.63. The fraction of sp³-hybridized carbons (Fsp3) is 0.550. The van der Waals surface area contributed by atoms with Gasteiger partial charge in [0.15, 0.2) is 0 Å². The first kappa shape index (κ1) is 18.7. The molecule has 0 aromatic heterocycles. The zero-order valence-electron chi connectivity index (χ0n) is 14.2. The Morgan fingerprint density at radius 3 is 2.40 bits per heavy atom. The summed E-state index contributed by atoms with van der Waals surface area (Å²) >= 11 is 0. The standard InChI is InChI=1S/C20H32/c1-9-12-13-14-15-19(11-3)18(6)20(7,8)17(5)16(4)10-2/h10,12,17H,1-2,4,11,13-15H2,3,5-8H3. The predicted molar refractivity (Wildman–Crippen MR) is 92.8 cm³/mol. The zero-order valence-corrected chi connectivity index (χ0v) is 14.2. The normalized spacial score (nSPS) is 14.1. The Bertz CT molecular complexity index is 411. The van der Waals surface area contributed by atoms with Crippen LogP contribution in [0.2, 0.25) is 0 Å². The van der Waals surface area contributed by atoms with E-state index in [2.05, 4.69) is 60.1 Å². The van der Waals surface area contributed by atoms with E-state index in [1.165, 1.54) is 12.0 Å². The maximum absolute atomic E-state index is 4.13. The van der Waals surface area contributed by atoms with Crippen LogP contribution in [0.15, 0.2) is 54.3 Å². The molecule has 1 atom stereocenters. The van der Waals surface area contributed by atoms with Crippen LogP contribution in [0.3, 0.4) is 0 Å². The quantitative estimate of drug-likeness (QED) is 0.191. The monoisotopic (exact) mass is 272 g/mol. The van der Waals surface area contributed by atoms with Crippen molar-refractivity contribution in [1.29, 1.82) is 0 Å². The lowest BCUT2D eigenvalue weighted by Crippen LogP contribution is -2.25. The van der Waals surface area contributed by atoms with Crippen LogP contribution in [0.25, 0.3) is 0 Å². The molecule has 0 aromatic rings. The minimum absolute atomic E-state index is 0.130. The van der Waals surface area contributed by atoms with Gasteiger partial charge in [-0.05, 0) is 50.0 Å². The zero-order chi connectivity index (χ0) is 15.8. The van der Waals surface area contributed by atoms with Crippen molar-refractivity contribution in [3.05, 3.63) is 54.3 Å². The molecule has 0 nitrogen and oxygen atoms in total. The number of hydrogen-bond donors (Lipinski definition) is 0. The van der Waals surface area contributed by atoms with Gasteiger partial charge in [0.05, 0.1) is 0 Å². The first-order valence-electron chi connectivity index (χ1n) is 7.67. The second kappa shape index (κ2) is 8.82. The molecule has 0 saturated carbocycles. The summed E-state index contributed by atoms with van der Waals surface area (Å²) in [6, 6.07) is 0. The number of hydrogen-bond acceptors (Lipinski definition) is 0. The Morgan fingerprint density at radius 2 is 1.95 bits per heavy atom. The average Bonchev–Trinajstić information content (AvgIpc) is 2.45. The molecule has 0 heteroatoms. The van der Waals surface area contributed by atoms with Crippen molar-refractivity contribution < 1.29 is 0 Å². The molecule has 0 heterocycles. The molecule has 0 rings (SSSR count). The largest absolute Gasteiger partial charge is 0.133 e. The van der Waals surface area contributed by atoms with Crippen molar-refractivity contribution in [2.24, 2.45) is 11.3 Å².